The van der Waals surface area contributed by atoms with Crippen LogP contribution < -0.4 is 0 Å². The highest BCUT2D eigenvalue weighted by atomic mass is 35.5. The molecule has 1 aliphatic rings. The molecular weight excluding hydrogens is 340 g/mol. The van der Waals surface area contributed by atoms with Gasteiger partial charge in [-0.15, -0.1) is 11.8 Å². The lowest BCUT2D eigenvalue weighted by Gasteiger charge is -2.29. The maximum Gasteiger partial charge on any atom is 0.158 e. The van der Waals surface area contributed by atoms with Crippen LogP contribution in [-0.2, 0) is 4.79 Å². The van der Waals surface area contributed by atoms with Gasteiger partial charge in [0.05, 0.1) is 11.1 Å². The van der Waals surface area contributed by atoms with Gasteiger partial charge in [-0.1, -0.05) is 35.9 Å². The molecular formula is C19H19ClN2OS. The number of carbonyl (C=O) groups excluding carboxylic acids is 1. The first-order valence-corrected chi connectivity index (χ1v) is 9.05. The number of rotatable bonds is 4. The summed E-state index contributed by atoms with van der Waals surface area (Å²) >= 11 is 7.53. The van der Waals surface area contributed by atoms with E-state index in [0.29, 0.717) is 16.3 Å². The normalized spacial score (nSPS) is 20.9. The lowest BCUT2D eigenvalue weighted by molar-refractivity contribution is -0.114. The number of thioether (sulfide) groups is 1. The molecule has 0 saturated carbocycles. The van der Waals surface area contributed by atoms with Crippen LogP contribution in [-0.4, -0.2) is 16.6 Å². The monoisotopic (exact) mass is 358 g/mol. The van der Waals surface area contributed by atoms with Crippen LogP contribution in [0.4, 0.5) is 0 Å². The molecule has 0 aliphatic carbocycles. The molecule has 0 N–H and O–H groups in total. The molecule has 0 fully saturated rings. The molecule has 0 aromatic heterocycles. The van der Waals surface area contributed by atoms with Crippen LogP contribution in [0.1, 0.15) is 32.3 Å². The van der Waals surface area contributed by atoms with Gasteiger partial charge in [0.1, 0.15) is 5.92 Å². The molecule has 0 bridgehead atoms. The smallest absolute Gasteiger partial charge is 0.158 e. The number of halogens is 1. The first-order valence-electron chi connectivity index (χ1n) is 7.69. The van der Waals surface area contributed by atoms with E-state index >= 15 is 0 Å². The fourth-order valence-corrected chi connectivity index (χ4v) is 3.97. The molecule has 2 rings (SSSR count). The van der Waals surface area contributed by atoms with Crippen molar-refractivity contribution in [1.29, 1.82) is 5.26 Å². The van der Waals surface area contributed by atoms with Crippen LogP contribution in [0.15, 0.2) is 52.7 Å². The molecule has 2 atom stereocenters. The van der Waals surface area contributed by atoms with Crippen molar-refractivity contribution in [1.82, 2.24) is 0 Å². The zero-order valence-electron chi connectivity index (χ0n) is 13.9. The molecule has 1 unspecified atom stereocenters. The summed E-state index contributed by atoms with van der Waals surface area (Å²) in [5, 5.41) is 11.2. The zero-order chi connectivity index (χ0) is 17.7. The quantitative estimate of drug-likeness (QED) is 0.699. The van der Waals surface area contributed by atoms with Gasteiger partial charge in [0.15, 0.2) is 5.78 Å². The number of nitriles is 1. The summed E-state index contributed by atoms with van der Waals surface area (Å²) in [7, 11) is 0. The molecule has 0 saturated heterocycles. The summed E-state index contributed by atoms with van der Waals surface area (Å²) in [6, 6.07) is 9.70. The fraction of sp³-hybridized carbons (Fsp3) is 0.316. The van der Waals surface area contributed by atoms with E-state index in [1.165, 1.54) is 6.92 Å². The molecule has 3 nitrogen and oxygen atoms in total. The molecule has 0 spiro atoms. The van der Waals surface area contributed by atoms with E-state index in [9.17, 15) is 10.1 Å². The van der Waals surface area contributed by atoms with E-state index in [1.807, 2.05) is 38.1 Å². The van der Waals surface area contributed by atoms with Gasteiger partial charge in [-0.3, -0.25) is 4.79 Å². The van der Waals surface area contributed by atoms with E-state index in [0.717, 1.165) is 16.4 Å². The number of Topliss-reactive ketones (excluding diaryl/α,β-unsaturated/α-hetero) is 1. The number of hydrogen-bond donors (Lipinski definition) is 0. The van der Waals surface area contributed by atoms with E-state index in [1.54, 1.807) is 23.9 Å². The number of aliphatic imine (C=N–C) groups is 1. The highest BCUT2D eigenvalue weighted by Crippen LogP contribution is 2.41. The number of hydrogen-bond acceptors (Lipinski definition) is 4. The Morgan fingerprint density at radius 2 is 2.08 bits per heavy atom. The Morgan fingerprint density at radius 3 is 2.62 bits per heavy atom. The van der Waals surface area contributed by atoms with Crippen molar-refractivity contribution < 1.29 is 4.79 Å². The van der Waals surface area contributed by atoms with Crippen molar-refractivity contribution >= 4 is 34.2 Å². The second-order valence-electron chi connectivity index (χ2n) is 5.52. The van der Waals surface area contributed by atoms with Gasteiger partial charge in [-0.05, 0) is 38.5 Å². The van der Waals surface area contributed by atoms with Crippen molar-refractivity contribution in [2.45, 2.75) is 26.7 Å². The second kappa shape index (κ2) is 8.32. The Balaban J connectivity index is 2.52. The third-order valence-corrected chi connectivity index (χ3v) is 5.14. The van der Waals surface area contributed by atoms with E-state index in [4.69, 9.17) is 11.6 Å². The molecule has 1 aliphatic heterocycles. The summed E-state index contributed by atoms with van der Waals surface area (Å²) < 4.78 is 0. The minimum atomic E-state index is -0.468. The highest BCUT2D eigenvalue weighted by Gasteiger charge is 2.37. The molecule has 24 heavy (non-hydrogen) atoms. The van der Waals surface area contributed by atoms with Crippen LogP contribution in [0.25, 0.3) is 0 Å². The standard InChI is InChI=1S/C19H19ClN2OS/c1-4-5-10-24-19-16(11-21)18(14-6-8-15(20)9-7-14)17(13(3)23)12(2)22-19/h4-9,16,18H,10H2,1-3H3/b5-4+/t16?,18-/m1/s1. The summed E-state index contributed by atoms with van der Waals surface area (Å²) in [5.74, 6) is -0.0721. The Morgan fingerprint density at radius 1 is 1.42 bits per heavy atom. The summed E-state index contributed by atoms with van der Waals surface area (Å²) in [6.07, 6.45) is 4.00. The van der Waals surface area contributed by atoms with Crippen LogP contribution >= 0.6 is 23.4 Å². The number of nitrogens with zero attached hydrogens (tertiary/aromatic N) is 2. The Bertz CT molecular complexity index is 757. The topological polar surface area (TPSA) is 53.2 Å². The molecule has 1 heterocycles. The van der Waals surface area contributed by atoms with Gasteiger partial charge in [0.2, 0.25) is 0 Å². The van der Waals surface area contributed by atoms with E-state index in [-0.39, 0.29) is 11.7 Å². The lowest BCUT2D eigenvalue weighted by atomic mass is 9.78. The molecule has 124 valence electrons. The maximum absolute atomic E-state index is 12.2. The molecule has 1 aromatic rings. The first kappa shape index (κ1) is 18.5. The Kier molecular flexibility index (Phi) is 6.42. The highest BCUT2D eigenvalue weighted by molar-refractivity contribution is 8.14. The van der Waals surface area contributed by atoms with Crippen molar-refractivity contribution in [3.8, 4) is 6.07 Å². The van der Waals surface area contributed by atoms with Crippen molar-refractivity contribution in [2.24, 2.45) is 10.9 Å². The van der Waals surface area contributed by atoms with Crippen LogP contribution in [0.3, 0.4) is 0 Å². The average Bonchev–Trinajstić information content (AvgIpc) is 2.55. The van der Waals surface area contributed by atoms with Gasteiger partial charge >= 0.3 is 0 Å². The average molecular weight is 359 g/mol. The number of allylic oxidation sites excluding steroid dienone is 3. The largest absolute Gasteiger partial charge is 0.295 e. The summed E-state index contributed by atoms with van der Waals surface area (Å²) in [6.45, 7) is 5.33. The minimum absolute atomic E-state index is 0.0473. The first-order chi connectivity index (χ1) is 11.5. The summed E-state index contributed by atoms with van der Waals surface area (Å²) in [4.78, 5) is 16.8. The third-order valence-electron chi connectivity index (χ3n) is 3.89. The predicted molar refractivity (Wildman–Crippen MR) is 101 cm³/mol. The van der Waals surface area contributed by atoms with Gasteiger partial charge in [-0.2, -0.15) is 5.26 Å². The van der Waals surface area contributed by atoms with Crippen molar-refractivity contribution in [3.05, 3.63) is 58.3 Å². The van der Waals surface area contributed by atoms with Gasteiger partial charge in [0, 0.05) is 28.0 Å². The Labute approximate surface area is 152 Å². The van der Waals surface area contributed by atoms with Crippen molar-refractivity contribution in [2.75, 3.05) is 5.75 Å². The second-order valence-corrected chi connectivity index (χ2v) is 7.00. The summed E-state index contributed by atoms with van der Waals surface area (Å²) in [5.41, 5.74) is 2.21. The fourth-order valence-electron chi connectivity index (χ4n) is 2.81. The molecule has 1 aromatic carbocycles. The predicted octanol–water partition coefficient (Wildman–Crippen LogP) is 5.15. The SMILES string of the molecule is C/C=C/CSC1=NC(C)=C(C(C)=O)[C@H](c2ccc(Cl)cc2)C1C#N. The minimum Gasteiger partial charge on any atom is -0.295 e. The van der Waals surface area contributed by atoms with Crippen LogP contribution in [0.5, 0.6) is 0 Å². The van der Waals surface area contributed by atoms with Gasteiger partial charge < -0.3 is 0 Å². The maximum atomic E-state index is 12.2. The number of carbonyl (C=O) groups is 1. The van der Waals surface area contributed by atoms with E-state index < -0.39 is 5.92 Å². The molecule has 0 radical (unpaired) electrons. The lowest BCUT2D eigenvalue weighted by Crippen LogP contribution is -2.28. The van der Waals surface area contributed by atoms with Gasteiger partial charge in [0.25, 0.3) is 0 Å². The van der Waals surface area contributed by atoms with Crippen LogP contribution in [0.2, 0.25) is 5.02 Å². The van der Waals surface area contributed by atoms with E-state index in [2.05, 4.69) is 11.1 Å². The zero-order valence-corrected chi connectivity index (χ0v) is 15.5. The van der Waals surface area contributed by atoms with Crippen molar-refractivity contribution in [3.63, 3.8) is 0 Å². The number of benzene rings is 1. The van der Waals surface area contributed by atoms with Crippen LogP contribution in [0, 0.1) is 17.2 Å². The number of ketones is 1. The Hall–Kier alpha value is -1.83. The third kappa shape index (κ3) is 3.98. The van der Waals surface area contributed by atoms with Gasteiger partial charge in [-0.25, -0.2) is 4.99 Å². The molecule has 0 amide bonds. The molecule has 5 heteroatoms.